The van der Waals surface area contributed by atoms with Crippen LogP contribution in [0.2, 0.25) is 0 Å². The van der Waals surface area contributed by atoms with Gasteiger partial charge < -0.3 is 4.79 Å². The van der Waals surface area contributed by atoms with E-state index < -0.39 is 5.41 Å². The largest absolute Gasteiger partial charge is 0.302 e. The zero-order valence-electron chi connectivity index (χ0n) is 8.40. The summed E-state index contributed by atoms with van der Waals surface area (Å²) in [4.78, 5) is 10.9. The van der Waals surface area contributed by atoms with Crippen molar-refractivity contribution in [3.05, 3.63) is 35.9 Å². The highest BCUT2D eigenvalue weighted by Gasteiger charge is 2.31. The molecule has 0 aliphatic heterocycles. The van der Waals surface area contributed by atoms with E-state index in [2.05, 4.69) is 6.07 Å². The average molecular weight is 187 g/mol. The number of nitrogens with zero attached hydrogens (tertiary/aromatic N) is 1. The average Bonchev–Trinajstić information content (AvgIpc) is 2.28. The highest BCUT2D eigenvalue weighted by atomic mass is 16.1. The summed E-state index contributed by atoms with van der Waals surface area (Å²) in [5.41, 5.74) is 0.0881. The van der Waals surface area contributed by atoms with Crippen LogP contribution in [-0.4, -0.2) is 6.29 Å². The van der Waals surface area contributed by atoms with Gasteiger partial charge in [-0.05, 0) is 12.5 Å². The topological polar surface area (TPSA) is 40.9 Å². The molecule has 0 spiro atoms. The predicted molar refractivity (Wildman–Crippen MR) is 54.6 cm³/mol. The van der Waals surface area contributed by atoms with Gasteiger partial charge in [0, 0.05) is 5.92 Å². The molecule has 2 nitrogen and oxygen atoms in total. The van der Waals surface area contributed by atoms with Crippen LogP contribution in [0.3, 0.4) is 0 Å². The van der Waals surface area contributed by atoms with E-state index in [1.165, 1.54) is 0 Å². The Morgan fingerprint density at radius 2 is 2.00 bits per heavy atom. The van der Waals surface area contributed by atoms with Gasteiger partial charge in [0.25, 0.3) is 0 Å². The van der Waals surface area contributed by atoms with Crippen molar-refractivity contribution in [3.63, 3.8) is 0 Å². The normalized spacial score (nSPS) is 16.4. The Bertz CT molecular complexity index is 352. The Balaban J connectivity index is 3.02. The predicted octanol–water partition coefficient (Wildman–Crippen LogP) is 2.52. The van der Waals surface area contributed by atoms with Crippen molar-refractivity contribution in [1.82, 2.24) is 0 Å². The van der Waals surface area contributed by atoms with Crippen LogP contribution in [0.15, 0.2) is 30.3 Å². The maximum Gasteiger partial charge on any atom is 0.140 e. The molecule has 0 saturated heterocycles. The quantitative estimate of drug-likeness (QED) is 0.682. The Kier molecular flexibility index (Phi) is 3.03. The molecule has 0 aromatic heterocycles. The second-order valence-electron chi connectivity index (χ2n) is 3.64. The van der Waals surface area contributed by atoms with Gasteiger partial charge in [-0.1, -0.05) is 37.3 Å². The third kappa shape index (κ3) is 1.82. The van der Waals surface area contributed by atoms with Crippen LogP contribution in [0.25, 0.3) is 0 Å². The fraction of sp³-hybridized carbons (Fsp3) is 0.333. The zero-order valence-corrected chi connectivity index (χ0v) is 8.40. The molecular formula is C12H13NO. The molecule has 1 aromatic rings. The Morgan fingerprint density at radius 3 is 2.43 bits per heavy atom. The third-order valence-corrected chi connectivity index (χ3v) is 2.68. The molecule has 0 bridgehead atoms. The molecule has 0 saturated carbocycles. The van der Waals surface area contributed by atoms with Gasteiger partial charge in [0.05, 0.1) is 6.07 Å². The standard InChI is InChI=1S/C12H13NO/c1-10(12(2,8-13)9-14)11-6-4-3-5-7-11/h3-7,9-10H,1-2H3. The zero-order chi connectivity index (χ0) is 10.6. The fourth-order valence-corrected chi connectivity index (χ4v) is 1.31. The van der Waals surface area contributed by atoms with Crippen LogP contribution in [-0.2, 0) is 4.79 Å². The summed E-state index contributed by atoms with van der Waals surface area (Å²) in [7, 11) is 0. The lowest BCUT2D eigenvalue weighted by atomic mass is 9.77. The molecule has 0 aliphatic carbocycles. The van der Waals surface area contributed by atoms with Crippen molar-refractivity contribution in [3.8, 4) is 6.07 Å². The van der Waals surface area contributed by atoms with Gasteiger partial charge >= 0.3 is 0 Å². The van der Waals surface area contributed by atoms with Crippen molar-refractivity contribution < 1.29 is 4.79 Å². The molecule has 2 unspecified atom stereocenters. The minimum absolute atomic E-state index is 0.0776. The molecule has 0 aliphatic rings. The van der Waals surface area contributed by atoms with Crippen LogP contribution in [0.1, 0.15) is 25.3 Å². The Hall–Kier alpha value is -1.62. The van der Waals surface area contributed by atoms with E-state index in [-0.39, 0.29) is 5.92 Å². The van der Waals surface area contributed by atoms with Crippen LogP contribution in [0.4, 0.5) is 0 Å². The number of hydrogen-bond donors (Lipinski definition) is 0. The van der Waals surface area contributed by atoms with Gasteiger partial charge in [-0.15, -0.1) is 0 Å². The maximum atomic E-state index is 10.9. The molecule has 72 valence electrons. The molecule has 0 amide bonds. The molecule has 0 heterocycles. The van der Waals surface area contributed by atoms with Crippen molar-refractivity contribution >= 4 is 6.29 Å². The molecule has 1 rings (SSSR count). The molecule has 1 aromatic carbocycles. The fourth-order valence-electron chi connectivity index (χ4n) is 1.31. The Morgan fingerprint density at radius 1 is 1.43 bits per heavy atom. The van der Waals surface area contributed by atoms with E-state index in [4.69, 9.17) is 5.26 Å². The van der Waals surface area contributed by atoms with Crippen molar-refractivity contribution in [1.29, 1.82) is 5.26 Å². The number of aldehydes is 1. The number of hydrogen-bond acceptors (Lipinski definition) is 2. The highest BCUT2D eigenvalue weighted by molar-refractivity contribution is 5.65. The minimum Gasteiger partial charge on any atom is -0.302 e. The lowest BCUT2D eigenvalue weighted by Crippen LogP contribution is -2.23. The summed E-state index contributed by atoms with van der Waals surface area (Å²) < 4.78 is 0. The lowest BCUT2D eigenvalue weighted by molar-refractivity contribution is -0.113. The summed E-state index contributed by atoms with van der Waals surface area (Å²) in [6.45, 7) is 3.56. The number of benzene rings is 1. The lowest BCUT2D eigenvalue weighted by Gasteiger charge is -2.22. The first-order chi connectivity index (χ1) is 6.64. The van der Waals surface area contributed by atoms with E-state index in [0.29, 0.717) is 0 Å². The molecule has 2 atom stereocenters. The second kappa shape index (κ2) is 4.06. The van der Waals surface area contributed by atoms with E-state index in [1.54, 1.807) is 6.92 Å². The molecule has 0 fully saturated rings. The van der Waals surface area contributed by atoms with Gasteiger partial charge in [0.1, 0.15) is 11.7 Å². The van der Waals surface area contributed by atoms with Crippen LogP contribution in [0.5, 0.6) is 0 Å². The molecule has 2 heteroatoms. The van der Waals surface area contributed by atoms with E-state index in [0.717, 1.165) is 11.8 Å². The van der Waals surface area contributed by atoms with Gasteiger partial charge in [-0.25, -0.2) is 0 Å². The van der Waals surface area contributed by atoms with Crippen LogP contribution in [0, 0.1) is 16.7 Å². The number of nitriles is 1. The first-order valence-electron chi connectivity index (χ1n) is 4.56. The highest BCUT2D eigenvalue weighted by Crippen LogP contribution is 2.32. The second-order valence-corrected chi connectivity index (χ2v) is 3.64. The van der Waals surface area contributed by atoms with Gasteiger partial charge in [-0.3, -0.25) is 0 Å². The summed E-state index contributed by atoms with van der Waals surface area (Å²) in [6, 6.07) is 11.7. The number of carbonyl (C=O) groups excluding carboxylic acids is 1. The monoisotopic (exact) mass is 187 g/mol. The number of carbonyl (C=O) groups is 1. The molecule has 14 heavy (non-hydrogen) atoms. The third-order valence-electron chi connectivity index (χ3n) is 2.68. The first kappa shape index (κ1) is 10.5. The van der Waals surface area contributed by atoms with Crippen molar-refractivity contribution in [2.24, 2.45) is 5.41 Å². The summed E-state index contributed by atoms with van der Waals surface area (Å²) in [5.74, 6) is -0.0776. The van der Waals surface area contributed by atoms with Crippen LogP contribution >= 0.6 is 0 Å². The maximum absolute atomic E-state index is 10.9. The minimum atomic E-state index is -0.929. The molecule has 0 N–H and O–H groups in total. The molecular weight excluding hydrogens is 174 g/mol. The Labute approximate surface area is 84.2 Å². The van der Waals surface area contributed by atoms with E-state index in [9.17, 15) is 4.79 Å². The number of rotatable bonds is 3. The first-order valence-corrected chi connectivity index (χ1v) is 4.56. The van der Waals surface area contributed by atoms with Gasteiger partial charge in [0.15, 0.2) is 0 Å². The van der Waals surface area contributed by atoms with Crippen LogP contribution < -0.4 is 0 Å². The summed E-state index contributed by atoms with van der Waals surface area (Å²) in [5, 5.41) is 8.94. The van der Waals surface area contributed by atoms with E-state index in [1.807, 2.05) is 37.3 Å². The van der Waals surface area contributed by atoms with Crippen molar-refractivity contribution in [2.45, 2.75) is 19.8 Å². The van der Waals surface area contributed by atoms with Crippen molar-refractivity contribution in [2.75, 3.05) is 0 Å². The van der Waals surface area contributed by atoms with Gasteiger partial charge in [-0.2, -0.15) is 5.26 Å². The summed E-state index contributed by atoms with van der Waals surface area (Å²) >= 11 is 0. The summed E-state index contributed by atoms with van der Waals surface area (Å²) in [6.07, 6.45) is 0.727. The molecule has 0 radical (unpaired) electrons. The van der Waals surface area contributed by atoms with E-state index >= 15 is 0 Å². The SMILES string of the molecule is CC(c1ccccc1)C(C)(C#N)C=O. The van der Waals surface area contributed by atoms with Gasteiger partial charge in [0.2, 0.25) is 0 Å². The smallest absolute Gasteiger partial charge is 0.140 e.